The number of halogens is 3. The minimum atomic E-state index is -4.30. The molecule has 1 nitrogen and oxygen atoms in total. The van der Waals surface area contributed by atoms with E-state index in [1.165, 1.54) is 5.38 Å². The van der Waals surface area contributed by atoms with Crippen LogP contribution in [-0.2, 0) is 6.18 Å². The zero-order chi connectivity index (χ0) is 12.5. The van der Waals surface area contributed by atoms with Crippen LogP contribution in [0.15, 0.2) is 35.7 Å². The molecule has 17 heavy (non-hydrogen) atoms. The Kier molecular flexibility index (Phi) is 2.90. The second-order valence-electron chi connectivity index (χ2n) is 3.39. The summed E-state index contributed by atoms with van der Waals surface area (Å²) in [5.74, 6) is 0. The van der Waals surface area contributed by atoms with E-state index in [2.05, 4.69) is 0 Å². The van der Waals surface area contributed by atoms with Crippen molar-refractivity contribution in [1.82, 2.24) is 0 Å². The van der Waals surface area contributed by atoms with Crippen LogP contribution in [0.3, 0.4) is 0 Å². The van der Waals surface area contributed by atoms with Crippen molar-refractivity contribution in [2.24, 2.45) is 0 Å². The first-order valence-electron chi connectivity index (χ1n) is 4.67. The van der Waals surface area contributed by atoms with Crippen molar-refractivity contribution in [1.29, 1.82) is 5.26 Å². The van der Waals surface area contributed by atoms with Crippen LogP contribution in [-0.4, -0.2) is 0 Å². The van der Waals surface area contributed by atoms with E-state index in [0.717, 1.165) is 6.07 Å². The van der Waals surface area contributed by atoms with Crippen LogP contribution in [0.25, 0.3) is 11.1 Å². The highest BCUT2D eigenvalue weighted by molar-refractivity contribution is 7.10. The van der Waals surface area contributed by atoms with E-state index in [9.17, 15) is 13.2 Å². The summed E-state index contributed by atoms with van der Waals surface area (Å²) in [7, 11) is 0. The lowest BCUT2D eigenvalue weighted by Crippen LogP contribution is -2.00. The van der Waals surface area contributed by atoms with Crippen molar-refractivity contribution in [3.8, 4) is 17.2 Å². The number of rotatable bonds is 1. The van der Waals surface area contributed by atoms with Crippen molar-refractivity contribution in [3.63, 3.8) is 0 Å². The number of thiophene rings is 1. The molecule has 0 bridgehead atoms. The summed E-state index contributed by atoms with van der Waals surface area (Å²) in [6.07, 6.45) is -4.30. The first kappa shape index (κ1) is 11.7. The molecule has 0 amide bonds. The third kappa shape index (κ3) is 2.48. The van der Waals surface area contributed by atoms with E-state index in [-0.39, 0.29) is 0 Å². The molecule has 2 rings (SSSR count). The number of nitriles is 1. The van der Waals surface area contributed by atoms with Gasteiger partial charge in [-0.2, -0.15) is 18.4 Å². The maximum atomic E-state index is 12.4. The van der Waals surface area contributed by atoms with Crippen molar-refractivity contribution >= 4 is 11.3 Å². The van der Waals surface area contributed by atoms with Crippen LogP contribution in [0.5, 0.6) is 0 Å². The van der Waals surface area contributed by atoms with Gasteiger partial charge in [0.25, 0.3) is 0 Å². The number of hydrogen-bond donors (Lipinski definition) is 0. The molecular formula is C12H6F3NS. The molecule has 0 aliphatic rings. The van der Waals surface area contributed by atoms with Gasteiger partial charge < -0.3 is 0 Å². The molecule has 1 heterocycles. The van der Waals surface area contributed by atoms with Crippen LogP contribution < -0.4 is 0 Å². The molecule has 2 aromatic rings. The second kappa shape index (κ2) is 4.22. The second-order valence-corrected chi connectivity index (χ2v) is 4.30. The maximum Gasteiger partial charge on any atom is 0.425 e. The Balaban J connectivity index is 2.34. The third-order valence-corrected chi connectivity index (χ3v) is 3.20. The summed E-state index contributed by atoms with van der Waals surface area (Å²) in [5.41, 5.74) is 1.68. The fraction of sp³-hybridized carbons (Fsp3) is 0.0833. The molecule has 0 spiro atoms. The number of hydrogen-bond acceptors (Lipinski definition) is 2. The number of nitrogens with zero attached hydrogens (tertiary/aromatic N) is 1. The molecule has 0 saturated carbocycles. The summed E-state index contributed by atoms with van der Waals surface area (Å²) in [6.45, 7) is 0. The topological polar surface area (TPSA) is 23.8 Å². The molecule has 0 fully saturated rings. The largest absolute Gasteiger partial charge is 0.425 e. The monoisotopic (exact) mass is 253 g/mol. The minimum absolute atomic E-state index is 0.486. The van der Waals surface area contributed by atoms with Gasteiger partial charge in [-0.05, 0) is 34.7 Å². The molecule has 0 atom stereocenters. The lowest BCUT2D eigenvalue weighted by Gasteiger charge is -2.01. The summed E-state index contributed by atoms with van der Waals surface area (Å²) in [4.78, 5) is -0.614. The highest BCUT2D eigenvalue weighted by Gasteiger charge is 2.32. The van der Waals surface area contributed by atoms with E-state index in [4.69, 9.17) is 5.26 Å². The summed E-state index contributed by atoms with van der Waals surface area (Å²) in [6, 6.07) is 9.52. The normalized spacial score (nSPS) is 11.2. The summed E-state index contributed by atoms with van der Waals surface area (Å²) in [5, 5.41) is 10.1. The van der Waals surface area contributed by atoms with Crippen LogP contribution in [0.1, 0.15) is 10.4 Å². The zero-order valence-corrected chi connectivity index (χ0v) is 9.27. The van der Waals surface area contributed by atoms with Gasteiger partial charge in [0.2, 0.25) is 0 Å². The van der Waals surface area contributed by atoms with Crippen molar-refractivity contribution in [3.05, 3.63) is 46.2 Å². The third-order valence-electron chi connectivity index (χ3n) is 2.23. The lowest BCUT2D eigenvalue weighted by molar-refractivity contribution is -0.134. The van der Waals surface area contributed by atoms with Gasteiger partial charge in [-0.25, -0.2) is 0 Å². The molecule has 0 aliphatic heterocycles. The summed E-state index contributed by atoms with van der Waals surface area (Å²) >= 11 is 0.671. The molecule has 86 valence electrons. The van der Waals surface area contributed by atoms with Crippen LogP contribution in [0.4, 0.5) is 13.2 Å². The highest BCUT2D eigenvalue weighted by atomic mass is 32.1. The van der Waals surface area contributed by atoms with Gasteiger partial charge >= 0.3 is 6.18 Å². The van der Waals surface area contributed by atoms with Gasteiger partial charge in [0.05, 0.1) is 11.6 Å². The van der Waals surface area contributed by atoms with Gasteiger partial charge in [-0.1, -0.05) is 12.1 Å². The first-order valence-corrected chi connectivity index (χ1v) is 5.55. The fourth-order valence-electron chi connectivity index (χ4n) is 1.37. The average molecular weight is 253 g/mol. The quantitative estimate of drug-likeness (QED) is 0.743. The van der Waals surface area contributed by atoms with E-state index in [1.807, 2.05) is 6.07 Å². The first-order chi connectivity index (χ1) is 8.00. The smallest absolute Gasteiger partial charge is 0.192 e. The SMILES string of the molecule is N#Cc1ccc(-c2csc(C(F)(F)F)c2)cc1. The molecule has 0 unspecified atom stereocenters. The predicted octanol–water partition coefficient (Wildman–Crippen LogP) is 4.31. The van der Waals surface area contributed by atoms with Crippen molar-refractivity contribution in [2.75, 3.05) is 0 Å². The highest BCUT2D eigenvalue weighted by Crippen LogP contribution is 2.37. The Morgan fingerprint density at radius 3 is 2.18 bits per heavy atom. The predicted molar refractivity (Wildman–Crippen MR) is 59.5 cm³/mol. The molecule has 0 aliphatic carbocycles. The van der Waals surface area contributed by atoms with Crippen LogP contribution in [0.2, 0.25) is 0 Å². The van der Waals surface area contributed by atoms with E-state index in [0.29, 0.717) is 28.0 Å². The number of alkyl halides is 3. The van der Waals surface area contributed by atoms with Gasteiger partial charge in [-0.3, -0.25) is 0 Å². The molecule has 0 N–H and O–H groups in total. The molecule has 5 heteroatoms. The van der Waals surface area contributed by atoms with E-state index < -0.39 is 11.1 Å². The van der Waals surface area contributed by atoms with E-state index in [1.54, 1.807) is 24.3 Å². The Bertz CT molecular complexity index is 561. The molecule has 1 aromatic heterocycles. The Labute approximate surface area is 99.7 Å². The molecule has 1 aromatic carbocycles. The fourth-order valence-corrected chi connectivity index (χ4v) is 2.16. The standard InChI is InChI=1S/C12H6F3NS/c13-12(14,15)11-5-10(7-17-11)9-3-1-8(6-16)2-4-9/h1-5,7H. The summed E-state index contributed by atoms with van der Waals surface area (Å²) < 4.78 is 37.2. The minimum Gasteiger partial charge on any atom is -0.192 e. The Morgan fingerprint density at radius 2 is 1.71 bits per heavy atom. The van der Waals surface area contributed by atoms with Gasteiger partial charge in [0.1, 0.15) is 4.88 Å². The van der Waals surface area contributed by atoms with Crippen molar-refractivity contribution < 1.29 is 13.2 Å². The Morgan fingerprint density at radius 1 is 1.06 bits per heavy atom. The van der Waals surface area contributed by atoms with Gasteiger partial charge in [0, 0.05) is 0 Å². The van der Waals surface area contributed by atoms with Gasteiger partial charge in [-0.15, -0.1) is 11.3 Å². The van der Waals surface area contributed by atoms with E-state index >= 15 is 0 Å². The molecular weight excluding hydrogens is 247 g/mol. The van der Waals surface area contributed by atoms with Crippen LogP contribution in [0, 0.1) is 11.3 Å². The average Bonchev–Trinajstić information content (AvgIpc) is 2.78. The zero-order valence-electron chi connectivity index (χ0n) is 8.45. The van der Waals surface area contributed by atoms with Gasteiger partial charge in [0.15, 0.2) is 0 Å². The molecule has 0 saturated heterocycles. The van der Waals surface area contributed by atoms with Crippen LogP contribution >= 0.6 is 11.3 Å². The van der Waals surface area contributed by atoms with Crippen molar-refractivity contribution in [2.45, 2.75) is 6.18 Å². The Hall–Kier alpha value is -1.80. The maximum absolute atomic E-state index is 12.4. The number of benzene rings is 1. The molecule has 0 radical (unpaired) electrons. The lowest BCUT2D eigenvalue weighted by atomic mass is 10.1.